The molecule has 0 aliphatic carbocycles. The molecule has 1 atom stereocenters. The molecule has 0 aromatic rings. The van der Waals surface area contributed by atoms with Gasteiger partial charge in [-0.2, -0.15) is 0 Å². The van der Waals surface area contributed by atoms with Gasteiger partial charge < -0.3 is 15.3 Å². The van der Waals surface area contributed by atoms with E-state index < -0.39 is 11.6 Å². The molecule has 0 amide bonds. The molecule has 88 valence electrons. The summed E-state index contributed by atoms with van der Waals surface area (Å²) >= 11 is 0. The van der Waals surface area contributed by atoms with E-state index in [2.05, 4.69) is 0 Å². The lowest BCUT2D eigenvalue weighted by molar-refractivity contribution is -0.158. The summed E-state index contributed by atoms with van der Waals surface area (Å²) in [5.74, 6) is -0.859. The van der Waals surface area contributed by atoms with Crippen molar-refractivity contribution in [1.29, 1.82) is 0 Å². The van der Waals surface area contributed by atoms with Crippen molar-refractivity contribution < 1.29 is 20.1 Å². The van der Waals surface area contributed by atoms with Gasteiger partial charge in [0.05, 0.1) is 0 Å². The SMILES string of the molecule is CC(O)(CN1CCC(CO)CC1)C(=O)O. The van der Waals surface area contributed by atoms with Gasteiger partial charge in [-0.15, -0.1) is 0 Å². The maximum atomic E-state index is 10.7. The van der Waals surface area contributed by atoms with Gasteiger partial charge >= 0.3 is 5.97 Å². The first-order chi connectivity index (χ1) is 6.95. The number of aliphatic hydroxyl groups is 2. The van der Waals surface area contributed by atoms with E-state index in [9.17, 15) is 9.90 Å². The molecule has 0 aromatic carbocycles. The Kier molecular flexibility index (Phi) is 4.07. The lowest BCUT2D eigenvalue weighted by Crippen LogP contribution is -2.49. The summed E-state index contributed by atoms with van der Waals surface area (Å²) in [5.41, 5.74) is -1.67. The number of aliphatic carboxylic acids is 1. The van der Waals surface area contributed by atoms with Gasteiger partial charge in [0.15, 0.2) is 5.60 Å². The molecule has 0 radical (unpaired) electrons. The highest BCUT2D eigenvalue weighted by Crippen LogP contribution is 2.18. The van der Waals surface area contributed by atoms with Gasteiger partial charge in [-0.25, -0.2) is 4.79 Å². The van der Waals surface area contributed by atoms with Crippen LogP contribution in [0.15, 0.2) is 0 Å². The standard InChI is InChI=1S/C10H19NO4/c1-10(15,9(13)14)7-11-4-2-8(6-12)3-5-11/h8,12,15H,2-7H2,1H3,(H,13,14). The number of hydrogen-bond acceptors (Lipinski definition) is 4. The number of aliphatic hydroxyl groups excluding tert-OH is 1. The molecule has 0 aromatic heterocycles. The summed E-state index contributed by atoms with van der Waals surface area (Å²) in [5, 5.41) is 27.3. The highest BCUT2D eigenvalue weighted by molar-refractivity contribution is 5.76. The predicted molar refractivity (Wildman–Crippen MR) is 54.5 cm³/mol. The average molecular weight is 217 g/mol. The van der Waals surface area contributed by atoms with E-state index in [-0.39, 0.29) is 13.2 Å². The van der Waals surface area contributed by atoms with Crippen LogP contribution in [-0.4, -0.2) is 58.0 Å². The van der Waals surface area contributed by atoms with E-state index in [1.54, 1.807) is 0 Å². The lowest BCUT2D eigenvalue weighted by atomic mass is 9.96. The molecule has 0 spiro atoms. The molecule has 5 nitrogen and oxygen atoms in total. The normalized spacial score (nSPS) is 23.7. The van der Waals surface area contributed by atoms with Gasteiger partial charge in [-0.05, 0) is 38.8 Å². The molecule has 3 N–H and O–H groups in total. The number of piperidine rings is 1. The Morgan fingerprint density at radius 1 is 1.47 bits per heavy atom. The van der Waals surface area contributed by atoms with Gasteiger partial charge in [0, 0.05) is 13.2 Å². The van der Waals surface area contributed by atoms with E-state index in [0.29, 0.717) is 5.92 Å². The molecule has 0 bridgehead atoms. The molecule has 1 unspecified atom stereocenters. The van der Waals surface area contributed by atoms with Crippen molar-refractivity contribution in [3.8, 4) is 0 Å². The van der Waals surface area contributed by atoms with Crippen molar-refractivity contribution in [1.82, 2.24) is 4.90 Å². The number of carboxylic acid groups (broad SMARTS) is 1. The van der Waals surface area contributed by atoms with E-state index in [4.69, 9.17) is 10.2 Å². The Hall–Kier alpha value is -0.650. The fourth-order valence-electron chi connectivity index (χ4n) is 1.83. The van der Waals surface area contributed by atoms with Crippen LogP contribution < -0.4 is 0 Å². The zero-order valence-electron chi connectivity index (χ0n) is 9.02. The van der Waals surface area contributed by atoms with Crippen molar-refractivity contribution in [3.05, 3.63) is 0 Å². The van der Waals surface area contributed by atoms with Crippen molar-refractivity contribution in [2.45, 2.75) is 25.4 Å². The van der Waals surface area contributed by atoms with Gasteiger partial charge in [0.1, 0.15) is 0 Å². The topological polar surface area (TPSA) is 81.0 Å². The third kappa shape index (κ3) is 3.44. The second kappa shape index (κ2) is 4.92. The Balaban J connectivity index is 2.38. The molecule has 1 rings (SSSR count). The molecule has 15 heavy (non-hydrogen) atoms. The highest BCUT2D eigenvalue weighted by atomic mass is 16.4. The monoisotopic (exact) mass is 217 g/mol. The van der Waals surface area contributed by atoms with Crippen LogP contribution in [0, 0.1) is 5.92 Å². The summed E-state index contributed by atoms with van der Waals surface area (Å²) in [6, 6.07) is 0. The Bertz CT molecular complexity index is 221. The molecule has 1 heterocycles. The fraction of sp³-hybridized carbons (Fsp3) is 0.900. The van der Waals surface area contributed by atoms with Crippen LogP contribution in [0.1, 0.15) is 19.8 Å². The van der Waals surface area contributed by atoms with Crippen LogP contribution in [0.5, 0.6) is 0 Å². The molecule has 1 saturated heterocycles. The van der Waals surface area contributed by atoms with Gasteiger partial charge in [-0.1, -0.05) is 0 Å². The molecule has 5 heteroatoms. The summed E-state index contributed by atoms with van der Waals surface area (Å²) in [4.78, 5) is 12.6. The lowest BCUT2D eigenvalue weighted by Gasteiger charge is -2.34. The highest BCUT2D eigenvalue weighted by Gasteiger charge is 2.33. The van der Waals surface area contributed by atoms with Crippen LogP contribution in [0.4, 0.5) is 0 Å². The second-order valence-corrected chi connectivity index (χ2v) is 4.48. The number of hydrogen-bond donors (Lipinski definition) is 3. The Morgan fingerprint density at radius 2 is 2.00 bits per heavy atom. The minimum atomic E-state index is -1.67. The van der Waals surface area contributed by atoms with Crippen LogP contribution in [0.3, 0.4) is 0 Å². The Labute approximate surface area is 89.3 Å². The molecule has 1 fully saturated rings. The zero-order valence-corrected chi connectivity index (χ0v) is 9.02. The third-order valence-corrected chi connectivity index (χ3v) is 2.96. The van der Waals surface area contributed by atoms with E-state index in [0.717, 1.165) is 25.9 Å². The number of likely N-dealkylation sites (tertiary alicyclic amines) is 1. The van der Waals surface area contributed by atoms with Crippen LogP contribution in [0.2, 0.25) is 0 Å². The number of rotatable bonds is 4. The average Bonchev–Trinajstić information content (AvgIpc) is 2.18. The third-order valence-electron chi connectivity index (χ3n) is 2.96. The van der Waals surface area contributed by atoms with Gasteiger partial charge in [0.25, 0.3) is 0 Å². The molecular weight excluding hydrogens is 198 g/mol. The minimum Gasteiger partial charge on any atom is -0.479 e. The van der Waals surface area contributed by atoms with Crippen molar-refractivity contribution in [3.63, 3.8) is 0 Å². The number of nitrogens with zero attached hydrogens (tertiary/aromatic N) is 1. The van der Waals surface area contributed by atoms with E-state index in [1.807, 2.05) is 4.90 Å². The van der Waals surface area contributed by atoms with Gasteiger partial charge in [-0.3, -0.25) is 4.90 Å². The fourth-order valence-corrected chi connectivity index (χ4v) is 1.83. The van der Waals surface area contributed by atoms with Crippen LogP contribution >= 0.6 is 0 Å². The number of carbonyl (C=O) groups is 1. The molecule has 0 saturated carbocycles. The smallest absolute Gasteiger partial charge is 0.336 e. The quantitative estimate of drug-likeness (QED) is 0.593. The van der Waals surface area contributed by atoms with Crippen molar-refractivity contribution >= 4 is 5.97 Å². The van der Waals surface area contributed by atoms with Crippen molar-refractivity contribution in [2.75, 3.05) is 26.2 Å². The van der Waals surface area contributed by atoms with Crippen molar-refractivity contribution in [2.24, 2.45) is 5.92 Å². The zero-order chi connectivity index (χ0) is 11.5. The summed E-state index contributed by atoms with van der Waals surface area (Å²) in [6.07, 6.45) is 1.73. The Morgan fingerprint density at radius 3 is 2.40 bits per heavy atom. The number of carboxylic acids is 1. The first-order valence-electron chi connectivity index (χ1n) is 5.24. The van der Waals surface area contributed by atoms with E-state index >= 15 is 0 Å². The van der Waals surface area contributed by atoms with Crippen LogP contribution in [0.25, 0.3) is 0 Å². The first-order valence-corrected chi connectivity index (χ1v) is 5.24. The van der Waals surface area contributed by atoms with Gasteiger partial charge in [0.2, 0.25) is 0 Å². The molecule has 1 aliphatic rings. The molecule has 1 aliphatic heterocycles. The maximum absolute atomic E-state index is 10.7. The summed E-state index contributed by atoms with van der Waals surface area (Å²) in [6.45, 7) is 3.15. The molecular formula is C10H19NO4. The first kappa shape index (κ1) is 12.4. The minimum absolute atomic E-state index is 0.153. The summed E-state index contributed by atoms with van der Waals surface area (Å²) in [7, 11) is 0. The number of β-amino-alcohol motifs (C(OH)–C–C–N with tert-alkyl or cyclic N) is 1. The predicted octanol–water partition coefficient (Wildman–Crippen LogP) is -0.474. The maximum Gasteiger partial charge on any atom is 0.336 e. The summed E-state index contributed by atoms with van der Waals surface area (Å²) < 4.78 is 0. The van der Waals surface area contributed by atoms with Crippen LogP contribution in [-0.2, 0) is 4.79 Å². The largest absolute Gasteiger partial charge is 0.479 e. The van der Waals surface area contributed by atoms with E-state index in [1.165, 1.54) is 6.92 Å². The second-order valence-electron chi connectivity index (χ2n) is 4.48.